The van der Waals surface area contributed by atoms with Crippen LogP contribution >= 0.6 is 15.0 Å². The lowest BCUT2D eigenvalue weighted by atomic mass is 10.0. The van der Waals surface area contributed by atoms with Crippen LogP contribution in [0, 0.1) is 5.92 Å². The fraction of sp³-hybridized carbons (Fsp3) is 0.765. The van der Waals surface area contributed by atoms with Gasteiger partial charge < -0.3 is 19.4 Å². The molecule has 25 heavy (non-hydrogen) atoms. The highest BCUT2D eigenvalue weighted by Crippen LogP contribution is 2.54. The van der Waals surface area contributed by atoms with Crippen molar-refractivity contribution in [3.05, 3.63) is 23.3 Å². The summed E-state index contributed by atoms with van der Waals surface area (Å²) < 4.78 is 27.5. The molecule has 0 aromatic heterocycles. The van der Waals surface area contributed by atoms with Gasteiger partial charge in [0.05, 0.1) is 0 Å². The molecule has 0 aliphatic rings. The van der Waals surface area contributed by atoms with Crippen LogP contribution in [-0.2, 0) is 13.9 Å². The molecule has 148 valence electrons. The van der Waals surface area contributed by atoms with Crippen molar-refractivity contribution in [1.82, 2.24) is 0 Å². The molecule has 3 N–H and O–H groups in total. The fourth-order valence-electron chi connectivity index (χ4n) is 2.27. The van der Waals surface area contributed by atoms with Gasteiger partial charge in [0.2, 0.25) is 7.37 Å². The molecule has 2 unspecified atom stereocenters. The maximum Gasteiger partial charge on any atom is 0.335 e. The molecule has 0 spiro atoms. The zero-order valence-corrected chi connectivity index (χ0v) is 17.6. The van der Waals surface area contributed by atoms with E-state index in [9.17, 15) is 14.0 Å². The number of ether oxygens (including phenoxy) is 1. The monoisotopic (exact) mass is 396 g/mol. The molecule has 0 radical (unpaired) electrons. The minimum absolute atomic E-state index is 0.316. The summed E-state index contributed by atoms with van der Waals surface area (Å²) in [6.07, 6.45) is 8.91. The second-order valence-corrected chi connectivity index (χ2v) is 11.4. The molecule has 0 aliphatic heterocycles. The minimum atomic E-state index is -4.50. The maximum atomic E-state index is 11.6. The van der Waals surface area contributed by atoms with Gasteiger partial charge in [-0.3, -0.25) is 9.13 Å². The Labute approximate surface area is 152 Å². The number of hydrogen-bond acceptors (Lipinski definition) is 3. The van der Waals surface area contributed by atoms with Gasteiger partial charge in [0.25, 0.3) is 0 Å². The van der Waals surface area contributed by atoms with Crippen molar-refractivity contribution >= 4 is 15.0 Å². The first kappa shape index (κ1) is 24.8. The van der Waals surface area contributed by atoms with E-state index in [0.29, 0.717) is 12.5 Å². The predicted octanol–water partition coefficient (Wildman–Crippen LogP) is 4.87. The van der Waals surface area contributed by atoms with E-state index in [1.165, 1.54) is 11.1 Å². The van der Waals surface area contributed by atoms with Gasteiger partial charge in [-0.25, -0.2) is 0 Å². The Balaban J connectivity index is 3.90. The van der Waals surface area contributed by atoms with E-state index in [4.69, 9.17) is 14.5 Å². The van der Waals surface area contributed by atoms with E-state index in [1.54, 1.807) is 0 Å². The molecule has 0 fully saturated rings. The average molecular weight is 396 g/mol. The summed E-state index contributed by atoms with van der Waals surface area (Å²) in [5.41, 5.74) is 2.73. The van der Waals surface area contributed by atoms with Gasteiger partial charge in [-0.15, -0.1) is 0 Å². The van der Waals surface area contributed by atoms with Crippen LogP contribution in [0.3, 0.4) is 0 Å². The molecule has 6 nitrogen and oxygen atoms in total. The topological polar surface area (TPSA) is 104 Å². The first-order chi connectivity index (χ1) is 11.4. The van der Waals surface area contributed by atoms with Gasteiger partial charge in [0.15, 0.2) is 0 Å². The molecule has 0 rings (SSSR count). The lowest BCUT2D eigenvalue weighted by molar-refractivity contribution is 0.152. The Kier molecular flexibility index (Phi) is 12.1. The molecule has 0 saturated carbocycles. The van der Waals surface area contributed by atoms with Crippen LogP contribution in [0.25, 0.3) is 0 Å². The van der Waals surface area contributed by atoms with Gasteiger partial charge in [0, 0.05) is 6.61 Å². The second kappa shape index (κ2) is 12.2. The minimum Gasteiger partial charge on any atom is -0.371 e. The van der Waals surface area contributed by atoms with E-state index in [2.05, 4.69) is 39.8 Å². The van der Waals surface area contributed by atoms with Crippen molar-refractivity contribution in [2.45, 2.75) is 59.8 Å². The molecule has 0 heterocycles. The Morgan fingerprint density at radius 2 is 1.68 bits per heavy atom. The zero-order valence-electron chi connectivity index (χ0n) is 15.8. The van der Waals surface area contributed by atoms with Crippen LogP contribution in [0.15, 0.2) is 23.3 Å². The standard InChI is InChI=1S/C17H34O6P2/c1-15(2)7-5-8-16(3)9-6-10-17(4)11-12-23-13-24(18,19)14-25(20,21)22/h7,9,17H,5-6,8,10-14H2,1-4H3,(H,18,19)(H2,20,21,22). The maximum absolute atomic E-state index is 11.6. The normalized spacial score (nSPS) is 16.4. The van der Waals surface area contributed by atoms with Crippen LogP contribution in [0.1, 0.15) is 59.8 Å². The highest BCUT2D eigenvalue weighted by Gasteiger charge is 2.29. The first-order valence-corrected chi connectivity index (χ1v) is 12.5. The van der Waals surface area contributed by atoms with Crippen LogP contribution in [0.5, 0.6) is 0 Å². The largest absolute Gasteiger partial charge is 0.371 e. The molecule has 0 amide bonds. The molecule has 8 heteroatoms. The Bertz CT molecular complexity index is 531. The summed E-state index contributed by atoms with van der Waals surface area (Å²) in [5, 5.41) is 0. The smallest absolute Gasteiger partial charge is 0.335 e. The second-order valence-electron chi connectivity index (χ2n) is 7.03. The molecule has 0 aromatic carbocycles. The van der Waals surface area contributed by atoms with Gasteiger partial charge in [-0.2, -0.15) is 0 Å². The van der Waals surface area contributed by atoms with Gasteiger partial charge in [-0.05, 0) is 58.8 Å². The molecular formula is C17H34O6P2. The predicted molar refractivity (Wildman–Crippen MR) is 103 cm³/mol. The Hall–Kier alpha value is -0.220. The van der Waals surface area contributed by atoms with Gasteiger partial charge >= 0.3 is 7.60 Å². The van der Waals surface area contributed by atoms with Crippen LogP contribution in [0.2, 0.25) is 0 Å². The van der Waals surface area contributed by atoms with Crippen LogP contribution in [-0.4, -0.2) is 33.5 Å². The summed E-state index contributed by atoms with van der Waals surface area (Å²) in [7, 11) is -8.42. The molecule has 0 aromatic rings. The van der Waals surface area contributed by atoms with E-state index >= 15 is 0 Å². The Morgan fingerprint density at radius 3 is 2.24 bits per heavy atom. The highest BCUT2D eigenvalue weighted by molar-refractivity contribution is 7.72. The van der Waals surface area contributed by atoms with Crippen LogP contribution in [0.4, 0.5) is 0 Å². The van der Waals surface area contributed by atoms with Crippen molar-refractivity contribution in [2.75, 3.05) is 18.9 Å². The summed E-state index contributed by atoms with van der Waals surface area (Å²) >= 11 is 0. The van der Waals surface area contributed by atoms with E-state index in [0.717, 1.165) is 32.1 Å². The van der Waals surface area contributed by atoms with Crippen molar-refractivity contribution in [1.29, 1.82) is 0 Å². The average Bonchev–Trinajstić information content (AvgIpc) is 2.40. The van der Waals surface area contributed by atoms with Gasteiger partial charge in [0.1, 0.15) is 12.3 Å². The van der Waals surface area contributed by atoms with Crippen molar-refractivity contribution in [2.24, 2.45) is 5.92 Å². The quantitative estimate of drug-likeness (QED) is 0.233. The number of rotatable bonds is 13. The molecular weight excluding hydrogens is 362 g/mol. The lowest BCUT2D eigenvalue weighted by Gasteiger charge is -2.14. The summed E-state index contributed by atoms with van der Waals surface area (Å²) in [4.78, 5) is 26.9. The molecule has 0 aliphatic carbocycles. The summed E-state index contributed by atoms with van der Waals surface area (Å²) in [6.45, 7) is 8.77. The Morgan fingerprint density at radius 1 is 1.04 bits per heavy atom. The van der Waals surface area contributed by atoms with E-state index in [-0.39, 0.29) is 0 Å². The van der Waals surface area contributed by atoms with E-state index in [1.807, 2.05) is 0 Å². The molecule has 0 saturated heterocycles. The highest BCUT2D eigenvalue weighted by atomic mass is 31.2. The number of hydrogen-bond donors (Lipinski definition) is 3. The lowest BCUT2D eigenvalue weighted by Crippen LogP contribution is -2.05. The van der Waals surface area contributed by atoms with E-state index < -0.39 is 27.2 Å². The summed E-state index contributed by atoms with van der Waals surface area (Å²) in [5.74, 6) is -0.603. The van der Waals surface area contributed by atoms with Crippen LogP contribution < -0.4 is 0 Å². The van der Waals surface area contributed by atoms with Crippen molar-refractivity contribution in [3.8, 4) is 0 Å². The third-order valence-corrected chi connectivity index (χ3v) is 7.52. The van der Waals surface area contributed by atoms with Crippen molar-refractivity contribution < 1.29 is 28.5 Å². The van der Waals surface area contributed by atoms with Gasteiger partial charge in [-0.1, -0.05) is 30.2 Å². The SMILES string of the molecule is CC(C)=CCCC(C)=CCCC(C)CCOCP(=O)(O)CP(=O)(O)O. The number of allylic oxidation sites excluding steroid dienone is 4. The van der Waals surface area contributed by atoms with Crippen molar-refractivity contribution in [3.63, 3.8) is 0 Å². The third-order valence-electron chi connectivity index (χ3n) is 3.70. The molecule has 2 atom stereocenters. The third kappa shape index (κ3) is 17.0. The zero-order chi connectivity index (χ0) is 19.5. The first-order valence-electron chi connectivity index (χ1n) is 8.63. The summed E-state index contributed by atoms with van der Waals surface area (Å²) in [6, 6.07) is 0. The molecule has 0 bridgehead atoms. The fourth-order valence-corrected chi connectivity index (χ4v) is 5.31.